The molecule has 0 fully saturated rings. The van der Waals surface area contributed by atoms with Crippen LogP contribution in [0.3, 0.4) is 0 Å². The van der Waals surface area contributed by atoms with Gasteiger partial charge in [-0.05, 0) is 143 Å². The summed E-state index contributed by atoms with van der Waals surface area (Å²) >= 11 is 0. The monoisotopic (exact) mass is 966 g/mol. The van der Waals surface area contributed by atoms with Gasteiger partial charge in [0.15, 0.2) is 0 Å². The van der Waals surface area contributed by atoms with Crippen molar-refractivity contribution in [3.8, 4) is 56.1 Å². The normalized spacial score (nSPS) is 11.9. The van der Waals surface area contributed by atoms with Gasteiger partial charge >= 0.3 is 0 Å². The van der Waals surface area contributed by atoms with Crippen LogP contribution in [0.25, 0.3) is 143 Å². The molecule has 0 spiro atoms. The Morgan fingerprint density at radius 2 is 0.487 bits per heavy atom. The molecule has 4 heteroatoms. The molecular weight excluding hydrogens is 921 g/mol. The van der Waals surface area contributed by atoms with E-state index < -0.39 is 0 Å². The summed E-state index contributed by atoms with van der Waals surface area (Å²) in [5.41, 5.74) is 21.2. The van der Waals surface area contributed by atoms with Gasteiger partial charge in [0.05, 0.1) is 44.1 Å². The molecule has 4 nitrogen and oxygen atoms in total. The minimum absolute atomic E-state index is 1.13. The summed E-state index contributed by atoms with van der Waals surface area (Å²) in [5, 5.41) is 9.81. The van der Waals surface area contributed by atoms with Gasteiger partial charge in [0.2, 0.25) is 0 Å². The van der Waals surface area contributed by atoms with E-state index in [1.807, 2.05) is 0 Å². The predicted molar refractivity (Wildman–Crippen MR) is 320 cm³/mol. The lowest BCUT2D eigenvalue weighted by Crippen LogP contribution is -1.96. The van der Waals surface area contributed by atoms with E-state index in [0.717, 1.165) is 22.7 Å². The lowest BCUT2D eigenvalue weighted by Gasteiger charge is -2.12. The number of rotatable bonds is 7. The molecule has 0 bridgehead atoms. The van der Waals surface area contributed by atoms with Crippen molar-refractivity contribution in [3.05, 3.63) is 279 Å². The summed E-state index contributed by atoms with van der Waals surface area (Å²) in [4.78, 5) is 0. The van der Waals surface area contributed by atoms with Crippen molar-refractivity contribution in [2.24, 2.45) is 0 Å². The highest BCUT2D eigenvalue weighted by atomic mass is 15.0. The number of fused-ring (bicyclic) bond motifs is 12. The second kappa shape index (κ2) is 16.7. The first kappa shape index (κ1) is 42.4. The van der Waals surface area contributed by atoms with Crippen LogP contribution in [0.5, 0.6) is 0 Å². The Hall–Kier alpha value is -10.2. The third-order valence-corrected chi connectivity index (χ3v) is 15.9. The zero-order valence-electron chi connectivity index (χ0n) is 41.3. The Balaban J connectivity index is 0.907. The van der Waals surface area contributed by atoms with Crippen molar-refractivity contribution in [2.45, 2.75) is 0 Å². The second-order valence-corrected chi connectivity index (χ2v) is 20.0. The first-order chi connectivity index (χ1) is 37.7. The summed E-state index contributed by atoms with van der Waals surface area (Å²) in [5.74, 6) is 0. The maximum atomic E-state index is 2.48. The van der Waals surface area contributed by atoms with E-state index in [1.54, 1.807) is 0 Å². The molecule has 0 aliphatic carbocycles. The van der Waals surface area contributed by atoms with E-state index in [1.165, 1.54) is 121 Å². The van der Waals surface area contributed by atoms with Gasteiger partial charge in [-0.25, -0.2) is 0 Å². The molecule has 0 amide bonds. The summed E-state index contributed by atoms with van der Waals surface area (Å²) in [6.07, 6.45) is 0. The van der Waals surface area contributed by atoms with Crippen LogP contribution in [0.4, 0.5) is 0 Å². The molecule has 0 radical (unpaired) electrons. The van der Waals surface area contributed by atoms with Gasteiger partial charge in [0.1, 0.15) is 0 Å². The quantitative estimate of drug-likeness (QED) is 0.152. The van der Waals surface area contributed by atoms with E-state index in [-0.39, 0.29) is 0 Å². The Labute approximate surface area is 438 Å². The molecule has 0 saturated heterocycles. The van der Waals surface area contributed by atoms with Crippen molar-refractivity contribution < 1.29 is 0 Å². The van der Waals surface area contributed by atoms with E-state index in [9.17, 15) is 0 Å². The predicted octanol–water partition coefficient (Wildman–Crippen LogP) is 19.1. The molecular formula is C72H46N4. The van der Waals surface area contributed by atoms with Gasteiger partial charge in [-0.15, -0.1) is 0 Å². The van der Waals surface area contributed by atoms with Gasteiger partial charge < -0.3 is 18.3 Å². The molecule has 16 aromatic rings. The largest absolute Gasteiger partial charge is 0.309 e. The minimum atomic E-state index is 1.13. The SMILES string of the molecule is c1ccc(-c2ccc3c(c2)c2cc(-n4c5ccccc5c5c(-c6cccc7c6c6ccccc6n7-c6ccc7c(c6)c6cc(-c8ccccc8)ccc6n7-c6ccccc6)cccc54)ccc2n3-c2ccccc2)cc1. The molecule has 0 saturated carbocycles. The van der Waals surface area contributed by atoms with Crippen molar-refractivity contribution in [1.29, 1.82) is 0 Å². The molecule has 12 aromatic carbocycles. The Morgan fingerprint density at radius 3 is 0.908 bits per heavy atom. The van der Waals surface area contributed by atoms with Crippen LogP contribution in [0.15, 0.2) is 279 Å². The molecule has 354 valence electrons. The molecule has 0 N–H and O–H groups in total. The van der Waals surface area contributed by atoms with E-state index in [4.69, 9.17) is 0 Å². The number of benzene rings is 12. The van der Waals surface area contributed by atoms with Crippen LogP contribution >= 0.6 is 0 Å². The summed E-state index contributed by atoms with van der Waals surface area (Å²) in [6.45, 7) is 0. The molecule has 4 aromatic heterocycles. The molecule has 16 rings (SSSR count). The van der Waals surface area contributed by atoms with Crippen LogP contribution in [0, 0.1) is 0 Å². The van der Waals surface area contributed by atoms with Crippen LogP contribution in [0.1, 0.15) is 0 Å². The lowest BCUT2D eigenvalue weighted by atomic mass is 9.95. The van der Waals surface area contributed by atoms with E-state index >= 15 is 0 Å². The van der Waals surface area contributed by atoms with E-state index in [0.29, 0.717) is 0 Å². The van der Waals surface area contributed by atoms with Gasteiger partial charge in [-0.3, -0.25) is 0 Å². The lowest BCUT2D eigenvalue weighted by molar-refractivity contribution is 1.16. The molecule has 4 heterocycles. The molecule has 0 aliphatic heterocycles. The van der Waals surface area contributed by atoms with Crippen LogP contribution in [0.2, 0.25) is 0 Å². The average molecular weight is 967 g/mol. The Kier molecular flexibility index (Phi) is 9.30. The fraction of sp³-hybridized carbons (Fsp3) is 0. The Bertz CT molecular complexity index is 4640. The van der Waals surface area contributed by atoms with Gasteiger partial charge in [-0.1, -0.05) is 170 Å². The Morgan fingerprint density at radius 1 is 0.171 bits per heavy atom. The summed E-state index contributed by atoms with van der Waals surface area (Å²) < 4.78 is 9.78. The molecule has 76 heavy (non-hydrogen) atoms. The average Bonchev–Trinajstić information content (AvgIpc) is 4.32. The third-order valence-electron chi connectivity index (χ3n) is 15.9. The molecule has 0 unspecified atom stereocenters. The first-order valence-electron chi connectivity index (χ1n) is 26.2. The van der Waals surface area contributed by atoms with Gasteiger partial charge in [-0.2, -0.15) is 0 Å². The highest BCUT2D eigenvalue weighted by molar-refractivity contribution is 6.23. The first-order valence-corrected chi connectivity index (χ1v) is 26.2. The van der Waals surface area contributed by atoms with E-state index in [2.05, 4.69) is 297 Å². The zero-order chi connectivity index (χ0) is 49.8. The highest BCUT2D eigenvalue weighted by Gasteiger charge is 2.23. The number of nitrogens with zero attached hydrogens (tertiary/aromatic N) is 4. The van der Waals surface area contributed by atoms with Crippen LogP contribution < -0.4 is 0 Å². The highest BCUT2D eigenvalue weighted by Crippen LogP contribution is 2.46. The zero-order valence-corrected chi connectivity index (χ0v) is 41.3. The van der Waals surface area contributed by atoms with Gasteiger partial charge in [0, 0.05) is 65.8 Å². The van der Waals surface area contributed by atoms with Gasteiger partial charge in [0.25, 0.3) is 0 Å². The number of hydrogen-bond acceptors (Lipinski definition) is 0. The van der Waals surface area contributed by atoms with Crippen LogP contribution in [-0.2, 0) is 0 Å². The number of aromatic nitrogens is 4. The summed E-state index contributed by atoms with van der Waals surface area (Å²) in [7, 11) is 0. The van der Waals surface area contributed by atoms with Crippen molar-refractivity contribution >= 4 is 87.2 Å². The molecule has 0 atom stereocenters. The topological polar surface area (TPSA) is 19.7 Å². The third kappa shape index (κ3) is 6.31. The maximum absolute atomic E-state index is 2.48. The fourth-order valence-corrected chi connectivity index (χ4v) is 12.7. The fourth-order valence-electron chi connectivity index (χ4n) is 12.7. The molecule has 0 aliphatic rings. The smallest absolute Gasteiger partial charge is 0.0547 e. The number of hydrogen-bond donors (Lipinski definition) is 0. The minimum Gasteiger partial charge on any atom is -0.309 e. The standard InChI is InChI=1S/C72H46N4/c1-5-19-47(20-6-1)49-35-39-65-59(43-49)61-45-53(37-41-67(61)73(65)51-23-9-3-10-24-51)75-63-31-15-13-27-57(63)71-55(29-17-33-69(71)75)56-30-18-34-70-72(56)58-28-14-16-32-64(58)76(70)54-38-42-68-62(46-54)60-44-50(48-21-7-2-8-22-48)36-40-66(60)74(68)52-25-11-4-12-26-52/h1-46H. The summed E-state index contributed by atoms with van der Waals surface area (Å²) in [6, 6.07) is 103. The van der Waals surface area contributed by atoms with Crippen LogP contribution in [-0.4, -0.2) is 18.3 Å². The number of para-hydroxylation sites is 4. The second-order valence-electron chi connectivity index (χ2n) is 20.0. The maximum Gasteiger partial charge on any atom is 0.0547 e. The van der Waals surface area contributed by atoms with Crippen molar-refractivity contribution in [3.63, 3.8) is 0 Å². The van der Waals surface area contributed by atoms with Crippen molar-refractivity contribution in [1.82, 2.24) is 18.3 Å². The van der Waals surface area contributed by atoms with Crippen molar-refractivity contribution in [2.75, 3.05) is 0 Å².